The van der Waals surface area contributed by atoms with Crippen LogP contribution >= 0.6 is 0 Å². The van der Waals surface area contributed by atoms with Crippen LogP contribution in [0, 0.1) is 57.7 Å². The Bertz CT molecular complexity index is 790. The molecule has 0 bridgehead atoms. The lowest BCUT2D eigenvalue weighted by Crippen LogP contribution is -2.56. The monoisotopic (exact) mass is 454 g/mol. The van der Waals surface area contributed by atoms with Crippen molar-refractivity contribution in [2.24, 2.45) is 57.7 Å². The average Bonchev–Trinajstić information content (AvgIpc) is 2.98. The SMILES string of the molecule is C/C=C(/CC[C@@H](C)[C@H]1C[C@H](C)[C@@]2(C)C3=CC[C@H]4[C@H](C)[C@@H](O)CC[C@]4(C)[C@H]3CC[C@]12C)C(C)C. The van der Waals surface area contributed by atoms with Crippen molar-refractivity contribution < 1.29 is 5.11 Å². The molecule has 0 aromatic carbocycles. The molecule has 0 saturated heterocycles. The van der Waals surface area contributed by atoms with Crippen LogP contribution in [-0.2, 0) is 0 Å². The van der Waals surface area contributed by atoms with Gasteiger partial charge in [0.05, 0.1) is 6.10 Å². The molecule has 0 aliphatic heterocycles. The molecule has 4 rings (SSSR count). The third-order valence-electron chi connectivity index (χ3n) is 12.7. The first kappa shape index (κ1) is 25.5. The second-order valence-corrected chi connectivity index (χ2v) is 14.0. The lowest BCUT2D eigenvalue weighted by atomic mass is 9.42. The van der Waals surface area contributed by atoms with Crippen molar-refractivity contribution in [3.63, 3.8) is 0 Å². The van der Waals surface area contributed by atoms with Gasteiger partial charge in [-0.15, -0.1) is 0 Å². The summed E-state index contributed by atoms with van der Waals surface area (Å²) in [7, 11) is 0. The summed E-state index contributed by atoms with van der Waals surface area (Å²) in [5, 5.41) is 10.6. The van der Waals surface area contributed by atoms with Gasteiger partial charge in [0, 0.05) is 0 Å². The van der Waals surface area contributed by atoms with E-state index in [9.17, 15) is 5.11 Å². The van der Waals surface area contributed by atoms with Gasteiger partial charge in [0.15, 0.2) is 0 Å². The summed E-state index contributed by atoms with van der Waals surface area (Å²) in [5.74, 6) is 4.91. The number of rotatable bonds is 5. The van der Waals surface area contributed by atoms with E-state index in [1.165, 1.54) is 44.9 Å². The van der Waals surface area contributed by atoms with Crippen molar-refractivity contribution in [3.8, 4) is 0 Å². The predicted molar refractivity (Wildman–Crippen MR) is 142 cm³/mol. The van der Waals surface area contributed by atoms with E-state index in [-0.39, 0.29) is 6.10 Å². The zero-order chi connectivity index (χ0) is 24.3. The summed E-state index contributed by atoms with van der Waals surface area (Å²) in [6, 6.07) is 0. The van der Waals surface area contributed by atoms with Gasteiger partial charge in [-0.25, -0.2) is 0 Å². The van der Waals surface area contributed by atoms with Gasteiger partial charge in [0.1, 0.15) is 0 Å². The van der Waals surface area contributed by atoms with E-state index in [0.717, 1.165) is 30.1 Å². The van der Waals surface area contributed by atoms with Gasteiger partial charge in [-0.2, -0.15) is 0 Å². The van der Waals surface area contributed by atoms with Crippen molar-refractivity contribution in [1.82, 2.24) is 0 Å². The van der Waals surface area contributed by atoms with Gasteiger partial charge in [-0.1, -0.05) is 78.7 Å². The highest BCUT2D eigenvalue weighted by molar-refractivity contribution is 5.34. The molecule has 1 heteroatoms. The minimum atomic E-state index is -0.0917. The number of aliphatic hydroxyl groups excluding tert-OH is 1. The van der Waals surface area contributed by atoms with Crippen LogP contribution < -0.4 is 0 Å². The molecule has 33 heavy (non-hydrogen) atoms. The summed E-state index contributed by atoms with van der Waals surface area (Å²) in [6.07, 6.45) is 15.2. The Morgan fingerprint density at radius 2 is 1.82 bits per heavy atom. The van der Waals surface area contributed by atoms with E-state index in [1.54, 1.807) is 5.57 Å². The lowest BCUT2D eigenvalue weighted by Gasteiger charge is -2.63. The number of hydrogen-bond acceptors (Lipinski definition) is 1. The maximum absolute atomic E-state index is 10.6. The first-order chi connectivity index (χ1) is 15.4. The van der Waals surface area contributed by atoms with Gasteiger partial charge >= 0.3 is 0 Å². The molecule has 0 aromatic heterocycles. The van der Waals surface area contributed by atoms with Gasteiger partial charge in [-0.3, -0.25) is 0 Å². The summed E-state index contributed by atoms with van der Waals surface area (Å²) in [4.78, 5) is 0. The molecule has 0 spiro atoms. The third-order valence-corrected chi connectivity index (χ3v) is 12.7. The van der Waals surface area contributed by atoms with E-state index in [4.69, 9.17) is 0 Å². The molecule has 3 fully saturated rings. The van der Waals surface area contributed by atoms with E-state index in [0.29, 0.717) is 34.0 Å². The first-order valence-corrected chi connectivity index (χ1v) is 14.5. The Labute approximate surface area is 205 Å². The van der Waals surface area contributed by atoms with Crippen molar-refractivity contribution in [2.75, 3.05) is 0 Å². The molecule has 1 nitrogen and oxygen atoms in total. The maximum atomic E-state index is 10.6. The van der Waals surface area contributed by atoms with Gasteiger partial charge in [0.25, 0.3) is 0 Å². The molecule has 4 aliphatic rings. The third kappa shape index (κ3) is 3.65. The fourth-order valence-corrected chi connectivity index (χ4v) is 10.1. The van der Waals surface area contributed by atoms with Crippen LogP contribution in [0.2, 0.25) is 0 Å². The van der Waals surface area contributed by atoms with E-state index < -0.39 is 0 Å². The van der Waals surface area contributed by atoms with Crippen LogP contribution in [0.4, 0.5) is 0 Å². The second-order valence-electron chi connectivity index (χ2n) is 14.0. The molecular weight excluding hydrogens is 400 g/mol. The highest BCUT2D eigenvalue weighted by atomic mass is 16.3. The van der Waals surface area contributed by atoms with Crippen molar-refractivity contribution in [3.05, 3.63) is 23.3 Å². The fourth-order valence-electron chi connectivity index (χ4n) is 10.1. The highest BCUT2D eigenvalue weighted by Gasteiger charge is 2.66. The predicted octanol–water partition coefficient (Wildman–Crippen LogP) is 8.83. The Balaban J connectivity index is 1.62. The topological polar surface area (TPSA) is 20.2 Å². The second kappa shape index (κ2) is 8.83. The van der Waals surface area contributed by atoms with Crippen LogP contribution in [0.3, 0.4) is 0 Å². The molecule has 0 heterocycles. The quantitative estimate of drug-likeness (QED) is 0.411. The summed E-state index contributed by atoms with van der Waals surface area (Å²) < 4.78 is 0. The molecule has 10 atom stereocenters. The van der Waals surface area contributed by atoms with Gasteiger partial charge < -0.3 is 5.11 Å². The Morgan fingerprint density at radius 1 is 1.12 bits per heavy atom. The number of fused-ring (bicyclic) bond motifs is 5. The Kier molecular flexibility index (Phi) is 6.83. The smallest absolute Gasteiger partial charge is 0.0568 e. The minimum Gasteiger partial charge on any atom is -0.393 e. The van der Waals surface area contributed by atoms with Crippen LogP contribution in [0.1, 0.15) is 114 Å². The van der Waals surface area contributed by atoms with E-state index in [2.05, 4.69) is 74.5 Å². The number of allylic oxidation sites excluding steroid dienone is 4. The fraction of sp³-hybridized carbons (Fsp3) is 0.875. The number of aliphatic hydroxyl groups is 1. The molecule has 0 radical (unpaired) electrons. The summed E-state index contributed by atoms with van der Waals surface area (Å²) in [5.41, 5.74) is 4.63. The molecule has 3 saturated carbocycles. The Morgan fingerprint density at radius 3 is 2.45 bits per heavy atom. The van der Waals surface area contributed by atoms with E-state index >= 15 is 0 Å². The molecular formula is C32H54O. The molecule has 0 unspecified atom stereocenters. The standard InChI is InChI=1S/C32H54O/c1-10-24(20(2)3)12-11-21(4)28-19-22(5)32(9)27-14-13-25-23(6)29(33)16-17-30(25,7)26(27)15-18-31(28,32)8/h10,14,20-23,25-26,28-29,33H,11-13,15-19H2,1-9H3/b24-10-/t21-,22+,23+,25+,26+,28-,29+,30+,31-,32+/m1/s1. The molecule has 4 aliphatic carbocycles. The van der Waals surface area contributed by atoms with Crippen molar-refractivity contribution >= 4 is 0 Å². The van der Waals surface area contributed by atoms with Crippen LogP contribution in [0.5, 0.6) is 0 Å². The summed E-state index contributed by atoms with van der Waals surface area (Å²) >= 11 is 0. The zero-order valence-electron chi connectivity index (χ0n) is 23.4. The van der Waals surface area contributed by atoms with Crippen LogP contribution in [-0.4, -0.2) is 11.2 Å². The van der Waals surface area contributed by atoms with Gasteiger partial charge in [-0.05, 0) is 116 Å². The van der Waals surface area contributed by atoms with Crippen molar-refractivity contribution in [1.29, 1.82) is 0 Å². The van der Waals surface area contributed by atoms with E-state index in [1.807, 2.05) is 5.57 Å². The van der Waals surface area contributed by atoms with Crippen LogP contribution in [0.15, 0.2) is 23.3 Å². The molecule has 0 amide bonds. The summed E-state index contributed by atoms with van der Waals surface area (Å²) in [6.45, 7) is 22.4. The first-order valence-electron chi connectivity index (χ1n) is 14.5. The van der Waals surface area contributed by atoms with Gasteiger partial charge in [0.2, 0.25) is 0 Å². The zero-order valence-corrected chi connectivity index (χ0v) is 23.4. The van der Waals surface area contributed by atoms with Crippen LogP contribution in [0.25, 0.3) is 0 Å². The maximum Gasteiger partial charge on any atom is 0.0568 e. The molecule has 1 N–H and O–H groups in total. The number of hydrogen-bond donors (Lipinski definition) is 1. The Hall–Kier alpha value is -0.560. The minimum absolute atomic E-state index is 0.0917. The molecule has 188 valence electrons. The largest absolute Gasteiger partial charge is 0.393 e. The normalized spacial score (nSPS) is 48.7. The molecule has 0 aromatic rings. The highest BCUT2D eigenvalue weighted by Crippen LogP contribution is 2.74. The lowest BCUT2D eigenvalue weighted by molar-refractivity contribution is -0.0935. The average molecular weight is 455 g/mol. The van der Waals surface area contributed by atoms with Crippen molar-refractivity contribution in [2.45, 2.75) is 120 Å².